The van der Waals surface area contributed by atoms with E-state index in [0.29, 0.717) is 0 Å². The minimum atomic E-state index is 0.773. The maximum absolute atomic E-state index is 5.01. The zero-order chi connectivity index (χ0) is 5.54. The average molecular weight is 100 g/mol. The van der Waals surface area contributed by atoms with Crippen molar-refractivity contribution in [2.24, 2.45) is 0 Å². The largest absolute Gasteiger partial charge is 0.381 e. The summed E-state index contributed by atoms with van der Waals surface area (Å²) < 4.78 is 5.01. The predicted octanol–water partition coefficient (Wildman–Crippen LogP) is 1.45. The van der Waals surface area contributed by atoms with E-state index in [4.69, 9.17) is 4.74 Å². The lowest BCUT2D eigenvalue weighted by Gasteiger charge is -1.95. The molecule has 0 aromatic carbocycles. The number of ether oxygens (including phenoxy) is 1. The first kappa shape index (κ1) is 6.96. The van der Waals surface area contributed by atoms with Gasteiger partial charge >= 0.3 is 0 Å². The third-order valence-corrected chi connectivity index (χ3v) is 0.577. The summed E-state index contributed by atoms with van der Waals surface area (Å²) in [6, 6.07) is 0. The van der Waals surface area contributed by atoms with Crippen molar-refractivity contribution >= 4 is 0 Å². The Hall–Kier alpha value is -0.0400. The molecule has 0 saturated carbocycles. The Kier molecular flexibility index (Phi) is 5.93. The van der Waals surface area contributed by atoms with Crippen LogP contribution in [-0.2, 0) is 4.74 Å². The van der Waals surface area contributed by atoms with Gasteiger partial charge in [-0.2, -0.15) is 0 Å². The Bertz CT molecular complexity index is 23.4. The Morgan fingerprint density at radius 2 is 1.43 bits per heavy atom. The molecule has 0 spiro atoms. The van der Waals surface area contributed by atoms with E-state index in [1.54, 1.807) is 0 Å². The van der Waals surface area contributed by atoms with Gasteiger partial charge in [0.1, 0.15) is 0 Å². The third kappa shape index (κ3) is 5.96. The average Bonchev–Trinajstić information content (AvgIpc) is 1.69. The highest BCUT2D eigenvalue weighted by Crippen LogP contribution is 1.80. The molecule has 1 heteroatoms. The Morgan fingerprint density at radius 1 is 1.00 bits per heavy atom. The molecule has 0 N–H and O–H groups in total. The summed E-state index contributed by atoms with van der Waals surface area (Å²) in [7, 11) is 0. The predicted molar refractivity (Wildman–Crippen MR) is 30.8 cm³/mol. The lowest BCUT2D eigenvalue weighted by atomic mass is 10.5. The number of hydrogen-bond donors (Lipinski definition) is 0. The van der Waals surface area contributed by atoms with E-state index in [9.17, 15) is 0 Å². The van der Waals surface area contributed by atoms with Gasteiger partial charge in [-0.25, -0.2) is 0 Å². The molecule has 0 fully saturated rings. The minimum Gasteiger partial charge on any atom is -0.381 e. The van der Waals surface area contributed by atoms with Gasteiger partial charge in [0.15, 0.2) is 0 Å². The lowest BCUT2D eigenvalue weighted by molar-refractivity contribution is 0.142. The fraction of sp³-hybridized carbons (Fsp3) is 0.667. The summed E-state index contributed by atoms with van der Waals surface area (Å²) in [6.07, 6.45) is 1.72. The topological polar surface area (TPSA) is 9.23 Å². The first-order valence-corrected chi connectivity index (χ1v) is 2.58. The first-order chi connectivity index (χ1) is 3.41. The van der Waals surface area contributed by atoms with Gasteiger partial charge in [0, 0.05) is 13.2 Å². The van der Waals surface area contributed by atoms with Crippen molar-refractivity contribution in [1.29, 1.82) is 0 Å². The van der Waals surface area contributed by atoms with Crippen LogP contribution in [0.4, 0.5) is 0 Å². The second-order valence-corrected chi connectivity index (χ2v) is 1.32. The molecular formula is C6H12O. The van der Waals surface area contributed by atoms with Gasteiger partial charge in [-0.1, -0.05) is 13.8 Å². The molecule has 0 bridgehead atoms. The molecule has 42 valence electrons. The van der Waals surface area contributed by atoms with Gasteiger partial charge in [0.05, 0.1) is 0 Å². The van der Waals surface area contributed by atoms with Crippen LogP contribution in [0.1, 0.15) is 12.8 Å². The molecular weight excluding hydrogens is 88.1 g/mol. The highest BCUT2D eigenvalue weighted by atomic mass is 16.5. The third-order valence-electron chi connectivity index (χ3n) is 0.577. The molecule has 0 heterocycles. The van der Waals surface area contributed by atoms with Crippen molar-refractivity contribution < 1.29 is 4.74 Å². The minimum absolute atomic E-state index is 0.773. The van der Waals surface area contributed by atoms with E-state index in [1.165, 1.54) is 0 Å². The molecule has 0 aliphatic heterocycles. The maximum atomic E-state index is 5.01. The van der Waals surface area contributed by atoms with Crippen LogP contribution in [0.15, 0.2) is 0 Å². The molecule has 0 aromatic heterocycles. The normalized spacial score (nSPS) is 9.43. The quantitative estimate of drug-likeness (QED) is 0.486. The van der Waals surface area contributed by atoms with Gasteiger partial charge in [0.25, 0.3) is 0 Å². The Balaban J connectivity index is 2.45. The standard InChI is InChI=1S/C6H12O/c1-3-5-7-6-4-2/h1-6H2. The van der Waals surface area contributed by atoms with Crippen molar-refractivity contribution in [2.75, 3.05) is 13.2 Å². The highest BCUT2D eigenvalue weighted by Gasteiger charge is 1.78. The SMILES string of the molecule is [CH2]CCOCC[CH2]. The summed E-state index contributed by atoms with van der Waals surface area (Å²) in [6.45, 7) is 8.77. The van der Waals surface area contributed by atoms with E-state index in [0.717, 1.165) is 26.1 Å². The van der Waals surface area contributed by atoms with Crippen LogP contribution in [0, 0.1) is 13.8 Å². The summed E-state index contributed by atoms with van der Waals surface area (Å²) in [4.78, 5) is 0. The monoisotopic (exact) mass is 100 g/mol. The maximum Gasteiger partial charge on any atom is 0.0466 e. The van der Waals surface area contributed by atoms with Crippen LogP contribution in [0.5, 0.6) is 0 Å². The van der Waals surface area contributed by atoms with E-state index in [2.05, 4.69) is 13.8 Å². The van der Waals surface area contributed by atoms with E-state index in [-0.39, 0.29) is 0 Å². The molecule has 0 atom stereocenters. The molecule has 0 amide bonds. The van der Waals surface area contributed by atoms with Crippen LogP contribution in [0.3, 0.4) is 0 Å². The Morgan fingerprint density at radius 3 is 1.71 bits per heavy atom. The van der Waals surface area contributed by atoms with Gasteiger partial charge in [-0.15, -0.1) is 0 Å². The summed E-state index contributed by atoms with van der Waals surface area (Å²) in [5, 5.41) is 0. The van der Waals surface area contributed by atoms with E-state index < -0.39 is 0 Å². The molecule has 0 aromatic rings. The van der Waals surface area contributed by atoms with Crippen LogP contribution in [-0.4, -0.2) is 13.2 Å². The zero-order valence-electron chi connectivity index (χ0n) is 4.65. The van der Waals surface area contributed by atoms with Crippen molar-refractivity contribution in [3.63, 3.8) is 0 Å². The van der Waals surface area contributed by atoms with Crippen LogP contribution in [0.2, 0.25) is 0 Å². The molecule has 0 saturated heterocycles. The first-order valence-electron chi connectivity index (χ1n) is 2.58. The van der Waals surface area contributed by atoms with E-state index in [1.807, 2.05) is 0 Å². The summed E-state index contributed by atoms with van der Waals surface area (Å²) in [5.74, 6) is 0. The zero-order valence-corrected chi connectivity index (χ0v) is 4.65. The number of rotatable bonds is 4. The molecule has 0 rings (SSSR count). The van der Waals surface area contributed by atoms with Crippen molar-refractivity contribution in [2.45, 2.75) is 12.8 Å². The molecule has 0 aliphatic carbocycles. The lowest BCUT2D eigenvalue weighted by Crippen LogP contribution is -1.92. The Labute approximate surface area is 45.7 Å². The molecule has 1 nitrogen and oxygen atoms in total. The van der Waals surface area contributed by atoms with Crippen LogP contribution >= 0.6 is 0 Å². The summed E-state index contributed by atoms with van der Waals surface area (Å²) >= 11 is 0. The highest BCUT2D eigenvalue weighted by molar-refractivity contribution is 4.38. The smallest absolute Gasteiger partial charge is 0.0466 e. The van der Waals surface area contributed by atoms with Gasteiger partial charge in [-0.3, -0.25) is 0 Å². The molecule has 7 heavy (non-hydrogen) atoms. The van der Waals surface area contributed by atoms with Crippen LogP contribution < -0.4 is 0 Å². The second kappa shape index (κ2) is 5.96. The van der Waals surface area contributed by atoms with Gasteiger partial charge in [0.2, 0.25) is 0 Å². The fourth-order valence-electron chi connectivity index (χ4n) is 0.306. The van der Waals surface area contributed by atoms with Crippen LogP contribution in [0.25, 0.3) is 0 Å². The number of hydrogen-bond acceptors (Lipinski definition) is 1. The fourth-order valence-corrected chi connectivity index (χ4v) is 0.306. The van der Waals surface area contributed by atoms with E-state index >= 15 is 0 Å². The van der Waals surface area contributed by atoms with Crippen molar-refractivity contribution in [3.8, 4) is 0 Å². The van der Waals surface area contributed by atoms with Gasteiger partial charge < -0.3 is 4.74 Å². The molecule has 0 unspecified atom stereocenters. The summed E-state index contributed by atoms with van der Waals surface area (Å²) in [5.41, 5.74) is 0. The molecule has 2 radical (unpaired) electrons. The van der Waals surface area contributed by atoms with Gasteiger partial charge in [-0.05, 0) is 12.8 Å². The van der Waals surface area contributed by atoms with Crippen molar-refractivity contribution in [3.05, 3.63) is 13.8 Å². The van der Waals surface area contributed by atoms with Crippen molar-refractivity contribution in [1.82, 2.24) is 0 Å². The second-order valence-electron chi connectivity index (χ2n) is 1.32. The molecule has 0 aliphatic rings.